The van der Waals surface area contributed by atoms with Gasteiger partial charge in [-0.1, -0.05) is 29.8 Å². The number of carbonyl (C=O) groups excluding carboxylic acids is 1. The number of benzene rings is 1. The van der Waals surface area contributed by atoms with Gasteiger partial charge < -0.3 is 0 Å². The van der Waals surface area contributed by atoms with Gasteiger partial charge in [0, 0.05) is 44.5 Å². The van der Waals surface area contributed by atoms with Crippen molar-refractivity contribution in [2.45, 2.75) is 18.4 Å². The summed E-state index contributed by atoms with van der Waals surface area (Å²) in [6, 6.07) is 9.88. The normalized spacial score (nSPS) is 16.5. The predicted octanol–water partition coefficient (Wildman–Crippen LogP) is 2.44. The zero-order chi connectivity index (χ0) is 18.7. The number of carbonyl (C=O) groups is 1. The average molecular weight is 394 g/mol. The van der Waals surface area contributed by atoms with Gasteiger partial charge in [0.15, 0.2) is 5.78 Å². The van der Waals surface area contributed by atoms with E-state index in [9.17, 15) is 13.2 Å². The molecule has 6 nitrogen and oxygen atoms in total. The molecule has 0 spiro atoms. The molecule has 3 rings (SSSR count). The lowest BCUT2D eigenvalue weighted by Gasteiger charge is -2.34. The Kier molecular flexibility index (Phi) is 5.72. The second-order valence-corrected chi connectivity index (χ2v) is 8.58. The zero-order valence-electron chi connectivity index (χ0n) is 14.4. The van der Waals surface area contributed by atoms with Gasteiger partial charge in [-0.15, -0.1) is 0 Å². The van der Waals surface area contributed by atoms with Crippen molar-refractivity contribution in [2.75, 3.05) is 26.2 Å². The number of rotatable bonds is 5. The Morgan fingerprint density at radius 2 is 1.88 bits per heavy atom. The molecule has 0 aliphatic carbocycles. The lowest BCUT2D eigenvalue weighted by Crippen LogP contribution is -2.48. The number of ketones is 1. The maximum atomic E-state index is 12.8. The predicted molar refractivity (Wildman–Crippen MR) is 99.7 cm³/mol. The van der Waals surface area contributed by atoms with E-state index in [0.29, 0.717) is 43.4 Å². The topological polar surface area (TPSA) is 70.6 Å². The summed E-state index contributed by atoms with van der Waals surface area (Å²) in [5.74, 6) is -0.150. The smallest absolute Gasteiger partial charge is 0.243 e. The van der Waals surface area contributed by atoms with Crippen molar-refractivity contribution in [1.29, 1.82) is 0 Å². The third kappa shape index (κ3) is 4.29. The third-order valence-electron chi connectivity index (χ3n) is 4.40. The summed E-state index contributed by atoms with van der Waals surface area (Å²) < 4.78 is 27.1. The van der Waals surface area contributed by atoms with Gasteiger partial charge in [-0.2, -0.15) is 4.31 Å². The first kappa shape index (κ1) is 19.0. The van der Waals surface area contributed by atoms with E-state index in [1.165, 1.54) is 23.4 Å². The number of Topliss-reactive ketones (excluding diaryl/α,β-unsaturated/α-hetero) is 1. The van der Waals surface area contributed by atoms with Crippen molar-refractivity contribution in [2.24, 2.45) is 0 Å². The van der Waals surface area contributed by atoms with Crippen molar-refractivity contribution in [3.63, 3.8) is 0 Å². The molecular weight excluding hydrogens is 374 g/mol. The Morgan fingerprint density at radius 1 is 1.15 bits per heavy atom. The Labute approximate surface area is 158 Å². The molecule has 0 radical (unpaired) electrons. The van der Waals surface area contributed by atoms with Gasteiger partial charge in [-0.3, -0.25) is 9.69 Å². The number of pyridine rings is 1. The molecule has 1 aliphatic heterocycles. The van der Waals surface area contributed by atoms with Gasteiger partial charge in [-0.05, 0) is 30.7 Å². The summed E-state index contributed by atoms with van der Waals surface area (Å²) in [4.78, 5) is 17.9. The Bertz CT molecular complexity index is 892. The van der Waals surface area contributed by atoms with Gasteiger partial charge in [0.05, 0.1) is 4.90 Å². The highest BCUT2D eigenvalue weighted by molar-refractivity contribution is 7.89. The number of sulfonamides is 1. The lowest BCUT2D eigenvalue weighted by molar-refractivity contribution is 0.101. The summed E-state index contributed by atoms with van der Waals surface area (Å²) in [6.45, 7) is 4.22. The SMILES string of the molecule is CC(=O)c1cccc(S(=O)(=O)N2CCN(Cc3ccc(Cl)nc3)CC2)c1. The number of hydrogen-bond acceptors (Lipinski definition) is 5. The molecule has 138 valence electrons. The van der Waals surface area contributed by atoms with Gasteiger partial charge in [0.1, 0.15) is 5.15 Å². The molecule has 1 saturated heterocycles. The summed E-state index contributed by atoms with van der Waals surface area (Å²) >= 11 is 5.79. The summed E-state index contributed by atoms with van der Waals surface area (Å²) in [7, 11) is -3.60. The highest BCUT2D eigenvalue weighted by Crippen LogP contribution is 2.20. The molecule has 1 aromatic carbocycles. The van der Waals surface area contributed by atoms with E-state index in [1.807, 2.05) is 6.07 Å². The molecular formula is C18H20ClN3O3S. The molecule has 0 amide bonds. The van der Waals surface area contributed by atoms with Crippen molar-refractivity contribution < 1.29 is 13.2 Å². The quantitative estimate of drug-likeness (QED) is 0.576. The van der Waals surface area contributed by atoms with Crippen LogP contribution in [0.25, 0.3) is 0 Å². The standard InChI is InChI=1S/C18H20ClN3O3S/c1-14(23)16-3-2-4-17(11-16)26(24,25)22-9-7-21(8-10-22)13-15-5-6-18(19)20-12-15/h2-6,11-12H,7-10,13H2,1H3. The number of nitrogens with zero attached hydrogens (tertiary/aromatic N) is 3. The first-order valence-corrected chi connectivity index (χ1v) is 10.1. The van der Waals surface area contributed by atoms with E-state index in [1.54, 1.807) is 24.4 Å². The minimum absolute atomic E-state index is 0.150. The van der Waals surface area contributed by atoms with E-state index in [4.69, 9.17) is 11.6 Å². The Hall–Kier alpha value is -1.80. The highest BCUT2D eigenvalue weighted by Gasteiger charge is 2.28. The summed E-state index contributed by atoms with van der Waals surface area (Å²) in [5, 5.41) is 0.456. The summed E-state index contributed by atoms with van der Waals surface area (Å²) in [6.07, 6.45) is 1.73. The highest BCUT2D eigenvalue weighted by atomic mass is 35.5. The fourth-order valence-electron chi connectivity index (χ4n) is 2.91. The Balaban J connectivity index is 1.66. The minimum atomic E-state index is -3.60. The van der Waals surface area contributed by atoms with Crippen LogP contribution in [0.15, 0.2) is 47.5 Å². The third-order valence-corrected chi connectivity index (χ3v) is 6.52. The monoisotopic (exact) mass is 393 g/mol. The van der Waals surface area contributed by atoms with E-state index in [2.05, 4.69) is 9.88 Å². The molecule has 0 unspecified atom stereocenters. The second kappa shape index (κ2) is 7.84. The first-order valence-electron chi connectivity index (χ1n) is 8.30. The molecule has 0 saturated carbocycles. The maximum Gasteiger partial charge on any atom is 0.243 e. The Morgan fingerprint density at radius 3 is 2.50 bits per heavy atom. The molecule has 1 fully saturated rings. The minimum Gasteiger partial charge on any atom is -0.296 e. The number of halogens is 1. The molecule has 0 atom stereocenters. The lowest BCUT2D eigenvalue weighted by atomic mass is 10.2. The van der Waals surface area contributed by atoms with Crippen molar-refractivity contribution in [3.8, 4) is 0 Å². The molecule has 0 bridgehead atoms. The van der Waals surface area contributed by atoms with Crippen LogP contribution in [-0.4, -0.2) is 54.6 Å². The van der Waals surface area contributed by atoms with Crippen LogP contribution in [0.2, 0.25) is 5.15 Å². The second-order valence-electron chi connectivity index (χ2n) is 6.25. The molecule has 0 N–H and O–H groups in total. The summed E-state index contributed by atoms with van der Waals surface area (Å²) in [5.41, 5.74) is 1.44. The van der Waals surface area contributed by atoms with E-state index in [-0.39, 0.29) is 10.7 Å². The van der Waals surface area contributed by atoms with Gasteiger partial charge in [0.2, 0.25) is 10.0 Å². The van der Waals surface area contributed by atoms with Crippen LogP contribution in [0.3, 0.4) is 0 Å². The van der Waals surface area contributed by atoms with Crippen molar-refractivity contribution in [1.82, 2.24) is 14.2 Å². The van der Waals surface area contributed by atoms with E-state index >= 15 is 0 Å². The largest absolute Gasteiger partial charge is 0.296 e. The number of piperazine rings is 1. The van der Waals surface area contributed by atoms with Crippen LogP contribution in [0, 0.1) is 0 Å². The van der Waals surface area contributed by atoms with Crippen LogP contribution in [0.5, 0.6) is 0 Å². The average Bonchev–Trinajstić information content (AvgIpc) is 2.64. The molecule has 8 heteroatoms. The van der Waals surface area contributed by atoms with Crippen molar-refractivity contribution in [3.05, 3.63) is 58.9 Å². The van der Waals surface area contributed by atoms with Crippen LogP contribution < -0.4 is 0 Å². The van der Waals surface area contributed by atoms with E-state index < -0.39 is 10.0 Å². The van der Waals surface area contributed by atoms with Crippen LogP contribution >= 0.6 is 11.6 Å². The maximum absolute atomic E-state index is 12.8. The number of aromatic nitrogens is 1. The molecule has 2 heterocycles. The van der Waals surface area contributed by atoms with E-state index in [0.717, 1.165) is 5.56 Å². The van der Waals surface area contributed by atoms with Gasteiger partial charge in [0.25, 0.3) is 0 Å². The molecule has 1 aromatic heterocycles. The van der Waals surface area contributed by atoms with Gasteiger partial charge >= 0.3 is 0 Å². The number of hydrogen-bond donors (Lipinski definition) is 0. The molecule has 26 heavy (non-hydrogen) atoms. The van der Waals surface area contributed by atoms with Gasteiger partial charge in [-0.25, -0.2) is 13.4 Å². The fraction of sp³-hybridized carbons (Fsp3) is 0.333. The van der Waals surface area contributed by atoms with Crippen LogP contribution in [0.4, 0.5) is 0 Å². The van der Waals surface area contributed by atoms with Crippen molar-refractivity contribution >= 4 is 27.4 Å². The molecule has 1 aliphatic rings. The van der Waals surface area contributed by atoms with Crippen LogP contribution in [0.1, 0.15) is 22.8 Å². The first-order chi connectivity index (χ1) is 12.4. The zero-order valence-corrected chi connectivity index (χ0v) is 16.0. The fourth-order valence-corrected chi connectivity index (χ4v) is 4.49. The molecule has 2 aromatic rings. The van der Waals surface area contributed by atoms with Crippen LogP contribution in [-0.2, 0) is 16.6 Å².